The van der Waals surface area contributed by atoms with E-state index in [4.69, 9.17) is 11.5 Å². The van der Waals surface area contributed by atoms with Gasteiger partial charge in [-0.15, -0.1) is 5.10 Å². The third-order valence-corrected chi connectivity index (χ3v) is 1.79. The van der Waals surface area contributed by atoms with Crippen LogP contribution in [0.5, 0.6) is 0 Å². The highest BCUT2D eigenvalue weighted by Crippen LogP contribution is 2.32. The number of guanidine groups is 1. The van der Waals surface area contributed by atoms with Crippen LogP contribution in [0, 0.1) is 11.6 Å². The van der Waals surface area contributed by atoms with Crippen molar-refractivity contribution in [2.45, 2.75) is 6.18 Å². The lowest BCUT2D eigenvalue weighted by atomic mass is 10.1. The Morgan fingerprint density at radius 2 is 1.78 bits per heavy atom. The van der Waals surface area contributed by atoms with E-state index in [2.05, 4.69) is 10.2 Å². The van der Waals surface area contributed by atoms with Gasteiger partial charge in [0.1, 0.15) is 11.6 Å². The van der Waals surface area contributed by atoms with Crippen LogP contribution in [0.25, 0.3) is 0 Å². The standard InChI is InChI=1S/C9H7F5N4/c10-6-2-1-5(9(12,13)14)7(11)4(6)3-17-18-8(15)16/h1-3H,(H4,15,16,18). The molecule has 0 radical (unpaired) electrons. The molecule has 0 aromatic heterocycles. The van der Waals surface area contributed by atoms with E-state index in [1.54, 1.807) is 0 Å². The fourth-order valence-corrected chi connectivity index (χ4v) is 1.06. The summed E-state index contributed by atoms with van der Waals surface area (Å²) in [6.45, 7) is 0. The number of nitrogens with two attached hydrogens (primary N) is 2. The molecule has 0 saturated carbocycles. The van der Waals surface area contributed by atoms with Gasteiger partial charge in [0.15, 0.2) is 0 Å². The highest BCUT2D eigenvalue weighted by atomic mass is 19.4. The van der Waals surface area contributed by atoms with Crippen molar-refractivity contribution in [3.8, 4) is 0 Å². The van der Waals surface area contributed by atoms with Gasteiger partial charge in [0.05, 0.1) is 17.3 Å². The molecule has 0 fully saturated rings. The Balaban J connectivity index is 3.28. The van der Waals surface area contributed by atoms with E-state index in [0.29, 0.717) is 18.3 Å². The molecule has 0 bridgehead atoms. The van der Waals surface area contributed by atoms with Gasteiger partial charge in [-0.05, 0) is 12.1 Å². The first-order valence-corrected chi connectivity index (χ1v) is 4.40. The van der Waals surface area contributed by atoms with E-state index in [-0.39, 0.29) is 0 Å². The van der Waals surface area contributed by atoms with Crippen molar-refractivity contribution in [2.75, 3.05) is 0 Å². The maximum Gasteiger partial charge on any atom is 0.419 e. The van der Waals surface area contributed by atoms with Gasteiger partial charge >= 0.3 is 6.18 Å². The Kier molecular flexibility index (Phi) is 3.84. The van der Waals surface area contributed by atoms with E-state index >= 15 is 0 Å². The summed E-state index contributed by atoms with van der Waals surface area (Å²) in [6.07, 6.45) is -4.48. The Labute approximate surface area is 97.8 Å². The molecule has 0 aliphatic rings. The highest BCUT2D eigenvalue weighted by Gasteiger charge is 2.35. The van der Waals surface area contributed by atoms with Crippen LogP contribution in [-0.2, 0) is 6.18 Å². The zero-order chi connectivity index (χ0) is 13.9. The lowest BCUT2D eigenvalue weighted by Crippen LogP contribution is -2.21. The van der Waals surface area contributed by atoms with Crippen molar-refractivity contribution in [3.05, 3.63) is 34.9 Å². The van der Waals surface area contributed by atoms with Crippen molar-refractivity contribution in [2.24, 2.45) is 21.7 Å². The summed E-state index contributed by atoms with van der Waals surface area (Å²) in [4.78, 5) is 0. The van der Waals surface area contributed by atoms with E-state index in [9.17, 15) is 22.0 Å². The Morgan fingerprint density at radius 3 is 2.28 bits per heavy atom. The van der Waals surface area contributed by atoms with Crippen molar-refractivity contribution >= 4 is 12.2 Å². The molecule has 4 nitrogen and oxygen atoms in total. The molecule has 1 rings (SSSR count). The second kappa shape index (κ2) is 4.98. The normalized spacial score (nSPS) is 11.8. The van der Waals surface area contributed by atoms with E-state index in [1.165, 1.54) is 0 Å². The zero-order valence-corrected chi connectivity index (χ0v) is 8.67. The molecule has 0 aliphatic carbocycles. The van der Waals surface area contributed by atoms with Gasteiger partial charge in [0.2, 0.25) is 5.96 Å². The summed E-state index contributed by atoms with van der Waals surface area (Å²) in [7, 11) is 0. The van der Waals surface area contributed by atoms with Gasteiger partial charge in [-0.25, -0.2) is 8.78 Å². The van der Waals surface area contributed by atoms with Crippen molar-refractivity contribution in [1.29, 1.82) is 0 Å². The third kappa shape index (κ3) is 3.15. The van der Waals surface area contributed by atoms with Gasteiger partial charge in [0.25, 0.3) is 0 Å². The SMILES string of the molecule is NC(N)=NN=Cc1c(F)ccc(C(F)(F)F)c1F. The first-order valence-electron chi connectivity index (χ1n) is 4.40. The van der Waals surface area contributed by atoms with Crippen LogP contribution in [0.15, 0.2) is 22.3 Å². The maximum atomic E-state index is 13.4. The molecule has 0 heterocycles. The van der Waals surface area contributed by atoms with Gasteiger partial charge in [-0.1, -0.05) is 0 Å². The summed E-state index contributed by atoms with van der Waals surface area (Å²) < 4.78 is 63.5. The molecule has 0 aliphatic heterocycles. The van der Waals surface area contributed by atoms with Crippen molar-refractivity contribution in [1.82, 2.24) is 0 Å². The summed E-state index contributed by atoms with van der Waals surface area (Å²) in [5.74, 6) is -3.49. The third-order valence-electron chi connectivity index (χ3n) is 1.79. The van der Waals surface area contributed by atoms with Gasteiger partial charge in [-0.3, -0.25) is 0 Å². The first kappa shape index (κ1) is 13.9. The predicted molar refractivity (Wildman–Crippen MR) is 54.8 cm³/mol. The van der Waals surface area contributed by atoms with Crippen LogP contribution in [0.3, 0.4) is 0 Å². The molecule has 9 heteroatoms. The first-order chi connectivity index (χ1) is 8.23. The minimum atomic E-state index is -4.93. The molecule has 0 atom stereocenters. The van der Waals surface area contributed by atoms with Crippen LogP contribution in [0.4, 0.5) is 22.0 Å². The summed E-state index contributed by atoms with van der Waals surface area (Å²) in [5, 5.41) is 6.07. The number of rotatable bonds is 2. The Hall–Kier alpha value is -2.19. The molecule has 0 spiro atoms. The molecule has 1 aromatic rings. The number of halogens is 5. The monoisotopic (exact) mass is 266 g/mol. The molecule has 18 heavy (non-hydrogen) atoms. The van der Waals surface area contributed by atoms with E-state index < -0.39 is 34.9 Å². The van der Waals surface area contributed by atoms with Gasteiger partial charge < -0.3 is 11.5 Å². The van der Waals surface area contributed by atoms with Crippen LogP contribution in [0.1, 0.15) is 11.1 Å². The van der Waals surface area contributed by atoms with Crippen LogP contribution < -0.4 is 11.5 Å². The second-order valence-corrected chi connectivity index (χ2v) is 3.09. The van der Waals surface area contributed by atoms with Crippen molar-refractivity contribution < 1.29 is 22.0 Å². The molecule has 0 amide bonds. The topological polar surface area (TPSA) is 76.8 Å². The Bertz CT molecular complexity index is 502. The number of hydrogen-bond acceptors (Lipinski definition) is 2. The van der Waals surface area contributed by atoms with Crippen molar-refractivity contribution in [3.63, 3.8) is 0 Å². The van der Waals surface area contributed by atoms with E-state index in [1.807, 2.05) is 0 Å². The van der Waals surface area contributed by atoms with Gasteiger partial charge in [0, 0.05) is 0 Å². The largest absolute Gasteiger partial charge is 0.419 e. The molecule has 4 N–H and O–H groups in total. The number of hydrogen-bond donors (Lipinski definition) is 2. The lowest BCUT2D eigenvalue weighted by Gasteiger charge is -2.09. The minimum absolute atomic E-state index is 0.294. The molecular weight excluding hydrogens is 259 g/mol. The average Bonchev–Trinajstić information content (AvgIpc) is 2.20. The summed E-state index contributed by atoms with van der Waals surface area (Å²) in [5.41, 5.74) is 7.18. The highest BCUT2D eigenvalue weighted by molar-refractivity contribution is 5.82. The van der Waals surface area contributed by atoms with Crippen LogP contribution >= 0.6 is 0 Å². The molecule has 1 aromatic carbocycles. The quantitative estimate of drug-likeness (QED) is 0.369. The molecule has 0 saturated heterocycles. The summed E-state index contributed by atoms with van der Waals surface area (Å²) in [6, 6.07) is 0.769. The number of alkyl halides is 3. The smallest absolute Gasteiger partial charge is 0.369 e. The molecular formula is C9H7F5N4. The van der Waals surface area contributed by atoms with Crippen LogP contribution in [0.2, 0.25) is 0 Å². The maximum absolute atomic E-state index is 13.4. The van der Waals surface area contributed by atoms with Gasteiger partial charge in [-0.2, -0.15) is 18.3 Å². The summed E-state index contributed by atoms with van der Waals surface area (Å²) >= 11 is 0. The zero-order valence-electron chi connectivity index (χ0n) is 8.67. The van der Waals surface area contributed by atoms with E-state index in [0.717, 1.165) is 0 Å². The number of benzene rings is 1. The predicted octanol–water partition coefficient (Wildman–Crippen LogP) is 1.59. The fraction of sp³-hybridized carbons (Fsp3) is 0.111. The average molecular weight is 266 g/mol. The molecule has 98 valence electrons. The van der Waals surface area contributed by atoms with Crippen LogP contribution in [-0.4, -0.2) is 12.2 Å². The molecule has 0 unspecified atom stereocenters. The number of nitrogens with zero attached hydrogens (tertiary/aromatic N) is 2. The second-order valence-electron chi connectivity index (χ2n) is 3.09. The fourth-order valence-electron chi connectivity index (χ4n) is 1.06. The Morgan fingerprint density at radius 1 is 1.17 bits per heavy atom. The lowest BCUT2D eigenvalue weighted by molar-refractivity contribution is -0.140. The minimum Gasteiger partial charge on any atom is -0.369 e.